The highest BCUT2D eigenvalue weighted by molar-refractivity contribution is 6.44. The maximum atomic E-state index is 12.0. The van der Waals surface area contributed by atoms with Crippen LogP contribution in [0.2, 0.25) is 10.0 Å². The van der Waals surface area contributed by atoms with Crippen LogP contribution in [0.4, 0.5) is 0 Å². The number of nitrogens with one attached hydrogen (secondary N) is 1. The van der Waals surface area contributed by atoms with Gasteiger partial charge in [0.05, 0.1) is 15.6 Å². The summed E-state index contributed by atoms with van der Waals surface area (Å²) in [6.07, 6.45) is 0. The molecule has 1 amide bonds. The molecule has 0 radical (unpaired) electrons. The van der Waals surface area contributed by atoms with Gasteiger partial charge in [0, 0.05) is 25.0 Å². The van der Waals surface area contributed by atoms with E-state index in [1.807, 2.05) is 6.07 Å². The van der Waals surface area contributed by atoms with Gasteiger partial charge in [0.25, 0.3) is 5.91 Å². The van der Waals surface area contributed by atoms with Crippen molar-refractivity contribution in [3.63, 3.8) is 0 Å². The Morgan fingerprint density at radius 1 is 1.35 bits per heavy atom. The molecule has 1 N–H and O–H groups in total. The lowest BCUT2D eigenvalue weighted by Crippen LogP contribution is -2.44. The Bertz CT molecular complexity index is 504. The number of benzene rings is 1. The highest BCUT2D eigenvalue weighted by Crippen LogP contribution is 2.38. The van der Waals surface area contributed by atoms with Crippen LogP contribution >= 0.6 is 23.2 Å². The van der Waals surface area contributed by atoms with E-state index >= 15 is 0 Å². The van der Waals surface area contributed by atoms with Crippen molar-refractivity contribution in [3.05, 3.63) is 33.3 Å². The third-order valence-corrected chi connectivity index (χ3v) is 4.38. The van der Waals surface area contributed by atoms with Crippen molar-refractivity contribution in [1.82, 2.24) is 10.2 Å². The van der Waals surface area contributed by atoms with Crippen molar-refractivity contribution in [3.8, 4) is 0 Å². The molecule has 2 aliphatic heterocycles. The number of likely N-dealkylation sites (N-methyl/N-ethyl adjacent to an activating group) is 1. The molecule has 0 spiro atoms. The highest BCUT2D eigenvalue weighted by Gasteiger charge is 2.40. The number of hydrogen-bond acceptors (Lipinski definition) is 2. The maximum absolute atomic E-state index is 12.0. The van der Waals surface area contributed by atoms with Crippen molar-refractivity contribution in [1.29, 1.82) is 0 Å². The van der Waals surface area contributed by atoms with Gasteiger partial charge >= 0.3 is 0 Å². The lowest BCUT2D eigenvalue weighted by atomic mass is 9.86. The molecule has 3 nitrogen and oxygen atoms in total. The topological polar surface area (TPSA) is 32.3 Å². The van der Waals surface area contributed by atoms with E-state index in [9.17, 15) is 4.79 Å². The second-order valence-electron chi connectivity index (χ2n) is 4.73. The van der Waals surface area contributed by atoms with Gasteiger partial charge in [-0.25, -0.2) is 0 Å². The van der Waals surface area contributed by atoms with Crippen LogP contribution in [-0.2, 0) is 0 Å². The number of carbonyl (C=O) groups excluding carboxylic acids is 1. The smallest absolute Gasteiger partial charge is 0.253 e. The highest BCUT2D eigenvalue weighted by atomic mass is 35.5. The Balaban J connectivity index is 2.15. The van der Waals surface area contributed by atoms with Crippen molar-refractivity contribution in [2.75, 3.05) is 20.1 Å². The van der Waals surface area contributed by atoms with Crippen LogP contribution in [0, 0.1) is 0 Å². The molecule has 1 saturated heterocycles. The molecule has 0 aromatic heterocycles. The summed E-state index contributed by atoms with van der Waals surface area (Å²) in [7, 11) is 2.06. The van der Waals surface area contributed by atoms with Crippen LogP contribution in [0.3, 0.4) is 0 Å². The Labute approximate surface area is 110 Å². The summed E-state index contributed by atoms with van der Waals surface area (Å²) in [5.41, 5.74) is 1.58. The van der Waals surface area contributed by atoms with Gasteiger partial charge in [-0.3, -0.25) is 4.79 Å². The average molecular weight is 271 g/mol. The zero-order chi connectivity index (χ0) is 12.2. The number of fused-ring (bicyclic) bond motifs is 3. The van der Waals surface area contributed by atoms with Crippen molar-refractivity contribution in [2.45, 2.75) is 12.0 Å². The first-order valence-corrected chi connectivity index (χ1v) is 6.31. The number of nitrogens with zero attached hydrogens (tertiary/aromatic N) is 1. The molecular weight excluding hydrogens is 259 g/mol. The zero-order valence-corrected chi connectivity index (χ0v) is 10.8. The Hall–Kier alpha value is -0.770. The minimum Gasteiger partial charge on any atom is -0.347 e. The molecule has 17 heavy (non-hydrogen) atoms. The van der Waals surface area contributed by atoms with Crippen LogP contribution in [0.5, 0.6) is 0 Å². The lowest BCUT2D eigenvalue weighted by molar-refractivity contribution is 0.0923. The zero-order valence-electron chi connectivity index (χ0n) is 9.34. The molecule has 0 unspecified atom stereocenters. The first kappa shape index (κ1) is 11.3. The van der Waals surface area contributed by atoms with Crippen LogP contribution in [0.15, 0.2) is 12.1 Å². The molecule has 0 saturated carbocycles. The van der Waals surface area contributed by atoms with Crippen molar-refractivity contribution in [2.24, 2.45) is 0 Å². The molecule has 2 heterocycles. The lowest BCUT2D eigenvalue weighted by Gasteiger charge is -2.28. The largest absolute Gasteiger partial charge is 0.347 e. The van der Waals surface area contributed by atoms with Gasteiger partial charge < -0.3 is 10.2 Å². The van der Waals surface area contributed by atoms with Gasteiger partial charge in [0.2, 0.25) is 0 Å². The number of amides is 1. The van der Waals surface area contributed by atoms with Crippen molar-refractivity contribution >= 4 is 29.1 Å². The summed E-state index contributed by atoms with van der Waals surface area (Å²) in [5.74, 6) is 0.214. The van der Waals surface area contributed by atoms with Crippen molar-refractivity contribution < 1.29 is 4.79 Å². The number of likely N-dealkylation sites (tertiary alicyclic amines) is 1. The Morgan fingerprint density at radius 3 is 2.88 bits per heavy atom. The van der Waals surface area contributed by atoms with Crippen LogP contribution < -0.4 is 5.32 Å². The van der Waals surface area contributed by atoms with E-state index in [2.05, 4.69) is 17.3 Å². The van der Waals surface area contributed by atoms with E-state index < -0.39 is 0 Å². The van der Waals surface area contributed by atoms with Crippen LogP contribution in [0.25, 0.3) is 0 Å². The van der Waals surface area contributed by atoms with Gasteiger partial charge in [0.1, 0.15) is 0 Å². The summed E-state index contributed by atoms with van der Waals surface area (Å²) in [6.45, 7) is 1.83. The van der Waals surface area contributed by atoms with Crippen LogP contribution in [-0.4, -0.2) is 37.0 Å². The molecule has 1 aromatic rings. The van der Waals surface area contributed by atoms with Gasteiger partial charge in [-0.1, -0.05) is 29.3 Å². The minimum absolute atomic E-state index is 0.107. The average Bonchev–Trinajstić information content (AvgIpc) is 2.63. The molecule has 3 rings (SSSR count). The molecule has 1 fully saturated rings. The number of rotatable bonds is 0. The predicted molar refractivity (Wildman–Crippen MR) is 68.0 cm³/mol. The number of hydrogen-bond donors (Lipinski definition) is 1. The molecule has 0 aliphatic carbocycles. The maximum Gasteiger partial charge on any atom is 0.253 e. The molecular formula is C12H12Cl2N2O. The molecule has 5 heteroatoms. The second-order valence-corrected chi connectivity index (χ2v) is 5.52. The summed E-state index contributed by atoms with van der Waals surface area (Å²) in [6, 6.07) is 3.90. The first-order valence-electron chi connectivity index (χ1n) is 5.55. The van der Waals surface area contributed by atoms with E-state index in [0.29, 0.717) is 21.5 Å². The third-order valence-electron chi connectivity index (χ3n) is 3.57. The summed E-state index contributed by atoms with van der Waals surface area (Å²) in [4.78, 5) is 14.3. The van der Waals surface area contributed by atoms with Gasteiger partial charge in [-0.15, -0.1) is 0 Å². The third kappa shape index (κ3) is 1.65. The Kier molecular flexibility index (Phi) is 2.58. The fraction of sp³-hybridized carbons (Fsp3) is 0.417. The normalized spacial score (nSPS) is 27.6. The second kappa shape index (κ2) is 3.87. The molecule has 1 aromatic carbocycles. The van der Waals surface area contributed by atoms with E-state index in [0.717, 1.165) is 18.7 Å². The minimum atomic E-state index is -0.107. The van der Waals surface area contributed by atoms with Gasteiger partial charge in [-0.05, 0) is 18.7 Å². The van der Waals surface area contributed by atoms with Crippen LogP contribution in [0.1, 0.15) is 21.8 Å². The fourth-order valence-electron chi connectivity index (χ4n) is 2.81. The van der Waals surface area contributed by atoms with E-state index in [1.165, 1.54) is 0 Å². The van der Waals surface area contributed by atoms with Gasteiger partial charge in [-0.2, -0.15) is 0 Å². The summed E-state index contributed by atoms with van der Waals surface area (Å²) in [5, 5.41) is 3.81. The number of carbonyl (C=O) groups is 1. The van der Waals surface area contributed by atoms with E-state index in [4.69, 9.17) is 23.2 Å². The standard InChI is InChI=1S/C12H12Cl2N2O/c1-16-4-7-6-2-3-8(13)11(14)10(6)12(17)15-9(7)5-16/h2-3,7,9H,4-5H2,1H3,(H,15,17)/t7-,9+/m1/s1. The molecule has 0 bridgehead atoms. The van der Waals surface area contributed by atoms with Gasteiger partial charge in [0.15, 0.2) is 0 Å². The predicted octanol–water partition coefficient (Wildman–Crippen LogP) is 2.13. The SMILES string of the molecule is CN1C[C@@H]2NC(=O)c3c(ccc(Cl)c3Cl)[C@H]2C1. The van der Waals surface area contributed by atoms with E-state index in [-0.39, 0.29) is 11.9 Å². The Morgan fingerprint density at radius 2 is 2.12 bits per heavy atom. The molecule has 2 atom stereocenters. The quantitative estimate of drug-likeness (QED) is 0.784. The monoisotopic (exact) mass is 270 g/mol. The number of halogens is 2. The first-order chi connectivity index (χ1) is 8.08. The fourth-order valence-corrected chi connectivity index (χ4v) is 3.22. The molecule has 90 valence electrons. The molecule has 2 aliphatic rings. The summed E-state index contributed by atoms with van der Waals surface area (Å²) >= 11 is 12.1. The van der Waals surface area contributed by atoms with E-state index in [1.54, 1.807) is 6.07 Å². The summed E-state index contributed by atoms with van der Waals surface area (Å²) < 4.78 is 0.